The first-order valence-corrected chi connectivity index (χ1v) is 9.80. The minimum atomic E-state index is -0.337. The quantitative estimate of drug-likeness (QED) is 0.896. The topological polar surface area (TPSA) is 49.4 Å². The molecule has 1 aromatic rings. The molecule has 4 rings (SSSR count). The highest BCUT2D eigenvalue weighted by atomic mass is 16.2. The van der Waals surface area contributed by atoms with Crippen LogP contribution in [-0.2, 0) is 15.0 Å². The van der Waals surface area contributed by atoms with E-state index in [0.717, 1.165) is 25.8 Å². The lowest BCUT2D eigenvalue weighted by molar-refractivity contribution is -0.133. The number of amides is 2. The molecule has 0 radical (unpaired) electrons. The van der Waals surface area contributed by atoms with Crippen LogP contribution in [0.4, 0.5) is 0 Å². The van der Waals surface area contributed by atoms with Crippen LogP contribution in [-0.4, -0.2) is 36.3 Å². The summed E-state index contributed by atoms with van der Waals surface area (Å²) in [7, 11) is 0. The Morgan fingerprint density at radius 3 is 2.56 bits per heavy atom. The van der Waals surface area contributed by atoms with Crippen molar-refractivity contribution < 1.29 is 9.59 Å². The second kappa shape index (κ2) is 6.47. The molecular formula is C21H28N2O2. The van der Waals surface area contributed by atoms with E-state index in [1.54, 1.807) is 0 Å². The minimum Gasteiger partial charge on any atom is -0.354 e. The fourth-order valence-corrected chi connectivity index (χ4v) is 5.26. The van der Waals surface area contributed by atoms with E-state index in [2.05, 4.69) is 17.4 Å². The number of nitrogens with zero attached hydrogens (tertiary/aromatic N) is 1. The lowest BCUT2D eigenvalue weighted by Crippen LogP contribution is -2.44. The number of piperidine rings is 1. The average Bonchev–Trinajstić information content (AvgIpc) is 3.05. The summed E-state index contributed by atoms with van der Waals surface area (Å²) in [5.74, 6) is 0.405. The fourth-order valence-electron chi connectivity index (χ4n) is 5.26. The third-order valence-corrected chi connectivity index (χ3v) is 6.69. The van der Waals surface area contributed by atoms with E-state index in [9.17, 15) is 9.59 Å². The van der Waals surface area contributed by atoms with Gasteiger partial charge in [-0.3, -0.25) is 9.59 Å². The molecule has 1 aromatic carbocycles. The summed E-state index contributed by atoms with van der Waals surface area (Å²) in [4.78, 5) is 27.0. The van der Waals surface area contributed by atoms with E-state index in [0.29, 0.717) is 19.5 Å². The number of nitrogens with one attached hydrogen (secondary N) is 1. The van der Waals surface area contributed by atoms with Gasteiger partial charge < -0.3 is 10.2 Å². The van der Waals surface area contributed by atoms with Gasteiger partial charge in [-0.2, -0.15) is 0 Å². The van der Waals surface area contributed by atoms with Gasteiger partial charge in [-0.1, -0.05) is 43.2 Å². The van der Waals surface area contributed by atoms with Crippen molar-refractivity contribution >= 4 is 11.8 Å². The second-order valence-corrected chi connectivity index (χ2v) is 8.03. The standard InChI is InChI=1S/C21H28N2O2/c24-18-10-4-7-14-23(18)15-13-22-19(25)21(17-8-2-1-3-9-17)16-20(21)11-5-6-12-20/h1-3,8-9H,4-7,10-16H2,(H,22,25)/t21-/m1/s1. The molecule has 2 saturated carbocycles. The summed E-state index contributed by atoms with van der Waals surface area (Å²) in [6, 6.07) is 10.3. The lowest BCUT2D eigenvalue weighted by Gasteiger charge is -2.28. The van der Waals surface area contributed by atoms with Crippen molar-refractivity contribution in [3.63, 3.8) is 0 Å². The molecule has 1 spiro atoms. The third-order valence-electron chi connectivity index (χ3n) is 6.69. The predicted octanol–water partition coefficient (Wildman–Crippen LogP) is 3.02. The summed E-state index contributed by atoms with van der Waals surface area (Å²) < 4.78 is 0. The molecule has 1 saturated heterocycles. The van der Waals surface area contributed by atoms with Crippen LogP contribution in [0.1, 0.15) is 56.9 Å². The van der Waals surface area contributed by atoms with E-state index in [1.807, 2.05) is 23.1 Å². The summed E-state index contributed by atoms with van der Waals surface area (Å²) >= 11 is 0. The number of carbonyl (C=O) groups is 2. The maximum Gasteiger partial charge on any atom is 0.231 e. The predicted molar refractivity (Wildman–Crippen MR) is 97.1 cm³/mol. The first-order chi connectivity index (χ1) is 12.2. The van der Waals surface area contributed by atoms with Crippen LogP contribution < -0.4 is 5.32 Å². The number of benzene rings is 1. The highest BCUT2D eigenvalue weighted by Crippen LogP contribution is 2.72. The monoisotopic (exact) mass is 340 g/mol. The van der Waals surface area contributed by atoms with Crippen LogP contribution in [0, 0.1) is 5.41 Å². The Morgan fingerprint density at radius 2 is 1.84 bits per heavy atom. The van der Waals surface area contributed by atoms with Crippen LogP contribution >= 0.6 is 0 Å². The van der Waals surface area contributed by atoms with Crippen LogP contribution in [0.15, 0.2) is 30.3 Å². The van der Waals surface area contributed by atoms with Crippen molar-refractivity contribution in [3.05, 3.63) is 35.9 Å². The molecule has 3 aliphatic rings. The van der Waals surface area contributed by atoms with E-state index in [1.165, 1.54) is 31.2 Å². The number of carbonyl (C=O) groups excluding carboxylic acids is 2. The molecule has 1 aliphatic heterocycles. The zero-order valence-electron chi connectivity index (χ0n) is 14.9. The van der Waals surface area contributed by atoms with Gasteiger partial charge in [-0.25, -0.2) is 0 Å². The fraction of sp³-hybridized carbons (Fsp3) is 0.619. The molecule has 4 heteroatoms. The maximum absolute atomic E-state index is 13.2. The molecule has 3 fully saturated rings. The molecule has 4 nitrogen and oxygen atoms in total. The molecule has 134 valence electrons. The van der Waals surface area contributed by atoms with Crippen LogP contribution in [0.5, 0.6) is 0 Å². The van der Waals surface area contributed by atoms with Gasteiger partial charge in [0.1, 0.15) is 0 Å². The van der Waals surface area contributed by atoms with Gasteiger partial charge >= 0.3 is 0 Å². The largest absolute Gasteiger partial charge is 0.354 e. The van der Waals surface area contributed by atoms with Crippen LogP contribution in [0.2, 0.25) is 0 Å². The Morgan fingerprint density at radius 1 is 1.08 bits per heavy atom. The molecule has 0 aromatic heterocycles. The Hall–Kier alpha value is -1.84. The van der Waals surface area contributed by atoms with Gasteiger partial charge in [-0.05, 0) is 43.1 Å². The number of likely N-dealkylation sites (tertiary alicyclic amines) is 1. The minimum absolute atomic E-state index is 0.171. The Labute approximate surface area is 150 Å². The van der Waals surface area contributed by atoms with Crippen LogP contribution in [0.25, 0.3) is 0 Å². The SMILES string of the molecule is O=C1CCCCN1CCNC(=O)[C@]1(c2ccccc2)CC12CCCC2. The van der Waals surface area contributed by atoms with Crippen molar-refractivity contribution in [1.82, 2.24) is 10.2 Å². The van der Waals surface area contributed by atoms with E-state index in [-0.39, 0.29) is 22.6 Å². The molecule has 2 aliphatic carbocycles. The van der Waals surface area contributed by atoms with Crippen LogP contribution in [0.3, 0.4) is 0 Å². The number of rotatable bonds is 5. The summed E-state index contributed by atoms with van der Waals surface area (Å²) in [5, 5.41) is 3.17. The van der Waals surface area contributed by atoms with Crippen molar-refractivity contribution in [2.75, 3.05) is 19.6 Å². The smallest absolute Gasteiger partial charge is 0.231 e. The number of hydrogen-bond acceptors (Lipinski definition) is 2. The van der Waals surface area contributed by atoms with E-state index < -0.39 is 0 Å². The molecule has 0 unspecified atom stereocenters. The van der Waals surface area contributed by atoms with Gasteiger partial charge in [0.2, 0.25) is 11.8 Å². The van der Waals surface area contributed by atoms with E-state index in [4.69, 9.17) is 0 Å². The highest BCUT2D eigenvalue weighted by Gasteiger charge is 2.72. The highest BCUT2D eigenvalue weighted by molar-refractivity contribution is 5.93. The molecular weight excluding hydrogens is 312 g/mol. The summed E-state index contributed by atoms with van der Waals surface area (Å²) in [6.45, 7) is 2.04. The maximum atomic E-state index is 13.2. The van der Waals surface area contributed by atoms with Crippen molar-refractivity contribution in [2.24, 2.45) is 5.41 Å². The van der Waals surface area contributed by atoms with Gasteiger partial charge in [0.15, 0.2) is 0 Å². The first kappa shape index (κ1) is 16.6. The summed E-state index contributed by atoms with van der Waals surface area (Å²) in [5.41, 5.74) is 1.01. The lowest BCUT2D eigenvalue weighted by atomic mass is 9.84. The molecule has 2 amide bonds. The number of hydrogen-bond donors (Lipinski definition) is 1. The first-order valence-electron chi connectivity index (χ1n) is 9.80. The second-order valence-electron chi connectivity index (χ2n) is 8.03. The van der Waals surface area contributed by atoms with Gasteiger partial charge in [-0.15, -0.1) is 0 Å². The molecule has 1 atom stereocenters. The Balaban J connectivity index is 1.44. The normalized spacial score (nSPS) is 27.5. The zero-order valence-corrected chi connectivity index (χ0v) is 14.9. The van der Waals surface area contributed by atoms with Gasteiger partial charge in [0.05, 0.1) is 5.41 Å². The summed E-state index contributed by atoms with van der Waals surface area (Å²) in [6.07, 6.45) is 8.54. The van der Waals surface area contributed by atoms with Crippen molar-refractivity contribution in [2.45, 2.75) is 56.8 Å². The third kappa shape index (κ3) is 2.76. The van der Waals surface area contributed by atoms with Gasteiger partial charge in [0, 0.05) is 26.1 Å². The Kier molecular flexibility index (Phi) is 4.30. The Bertz CT molecular complexity index is 651. The van der Waals surface area contributed by atoms with Crippen molar-refractivity contribution in [1.29, 1.82) is 0 Å². The average molecular weight is 340 g/mol. The molecule has 25 heavy (non-hydrogen) atoms. The van der Waals surface area contributed by atoms with Gasteiger partial charge in [0.25, 0.3) is 0 Å². The molecule has 0 bridgehead atoms. The van der Waals surface area contributed by atoms with E-state index >= 15 is 0 Å². The molecule has 1 heterocycles. The zero-order chi connectivity index (χ0) is 17.3. The molecule has 1 N–H and O–H groups in total. The van der Waals surface area contributed by atoms with Crippen molar-refractivity contribution in [3.8, 4) is 0 Å².